The Balaban J connectivity index is 2.00. The van der Waals surface area contributed by atoms with E-state index in [0.29, 0.717) is 0 Å². The highest BCUT2D eigenvalue weighted by molar-refractivity contribution is 6.87. The van der Waals surface area contributed by atoms with Gasteiger partial charge in [-0.25, -0.2) is 0 Å². The Kier molecular flexibility index (Phi) is 7.48. The molecule has 0 amide bonds. The normalized spacial score (nSPS) is 41.2. The maximum absolute atomic E-state index is 4.08. The van der Waals surface area contributed by atoms with Crippen molar-refractivity contribution in [3.8, 4) is 0 Å². The Bertz CT molecular complexity index is 283. The van der Waals surface area contributed by atoms with Crippen molar-refractivity contribution in [2.45, 2.75) is 13.1 Å². The van der Waals surface area contributed by atoms with E-state index < -0.39 is 18.4 Å². The molecule has 2 atom stereocenters. The fourth-order valence-electron chi connectivity index (χ4n) is 2.50. The van der Waals surface area contributed by atoms with E-state index in [1.807, 2.05) is 0 Å². The van der Waals surface area contributed by atoms with Gasteiger partial charge in [-0.3, -0.25) is 0 Å². The highest BCUT2D eigenvalue weighted by Gasteiger charge is 2.29. The van der Waals surface area contributed by atoms with E-state index in [-0.39, 0.29) is 58.9 Å². The number of hydrogen-bond donors (Lipinski definition) is 3. The summed E-state index contributed by atoms with van der Waals surface area (Å²) in [6, 6.07) is 0. The van der Waals surface area contributed by atoms with Gasteiger partial charge in [-0.1, -0.05) is 6.55 Å². The molecular formula is C3H29N7Si9. The second-order valence-electron chi connectivity index (χ2n) is 5.56. The van der Waals surface area contributed by atoms with Gasteiger partial charge in [-0.2, -0.15) is 0 Å². The van der Waals surface area contributed by atoms with Crippen molar-refractivity contribution < 1.29 is 0 Å². The second-order valence-corrected chi connectivity index (χ2v) is 33.8. The summed E-state index contributed by atoms with van der Waals surface area (Å²) in [5.74, 6) is 0. The number of fused-ring (bicyclic) bond motifs is 1. The number of nitrogens with zero attached hydrogens (tertiary/aromatic N) is 4. The average Bonchev–Trinajstić information content (AvgIpc) is 2.39. The van der Waals surface area contributed by atoms with Crippen LogP contribution in [0.15, 0.2) is 0 Å². The zero-order valence-corrected chi connectivity index (χ0v) is 25.5. The molecule has 16 heteroatoms. The van der Waals surface area contributed by atoms with Crippen LogP contribution in [0.3, 0.4) is 0 Å². The maximum Gasteiger partial charge on any atom is 0.242 e. The van der Waals surface area contributed by atoms with Crippen LogP contribution in [0.4, 0.5) is 0 Å². The lowest BCUT2D eigenvalue weighted by Crippen LogP contribution is -2.76. The van der Waals surface area contributed by atoms with Gasteiger partial charge in [-0.05, 0) is 13.6 Å². The smallest absolute Gasteiger partial charge is 0.242 e. The first kappa shape index (κ1) is 17.0. The molecule has 0 aromatic heterocycles. The second kappa shape index (κ2) is 8.34. The van der Waals surface area contributed by atoms with E-state index in [2.05, 4.69) is 50.0 Å². The van der Waals surface area contributed by atoms with E-state index in [1.54, 1.807) is 0 Å². The van der Waals surface area contributed by atoms with Crippen molar-refractivity contribution in [2.75, 3.05) is 7.05 Å². The van der Waals surface area contributed by atoms with Gasteiger partial charge < -0.3 is 29.9 Å². The lowest BCUT2D eigenvalue weighted by Gasteiger charge is -2.44. The van der Waals surface area contributed by atoms with Crippen LogP contribution in [-0.4, -0.2) is 111 Å². The molecule has 2 saturated heterocycles. The first-order chi connectivity index (χ1) is 9.11. The lowest BCUT2D eigenvalue weighted by atomic mass is 11.6. The summed E-state index contributed by atoms with van der Waals surface area (Å²) in [6.45, 7) is 5.00. The van der Waals surface area contributed by atoms with Crippen molar-refractivity contribution in [3.05, 3.63) is 0 Å². The third-order valence-corrected chi connectivity index (χ3v) is 34.6. The Morgan fingerprint density at radius 1 is 1.16 bits per heavy atom. The average molecular weight is 416 g/mol. The monoisotopic (exact) mass is 415 g/mol. The fraction of sp³-hybridized carbons (Fsp3) is 1.00. The minimum Gasteiger partial charge on any atom is -0.360 e. The molecule has 0 saturated carbocycles. The Hall–Kier alpha value is 1.67. The molecule has 7 nitrogen and oxygen atoms in total. The molecule has 112 valence electrons. The number of nitrogens with one attached hydrogen (secondary N) is 3. The molecule has 19 heavy (non-hydrogen) atoms. The predicted octanol–water partition coefficient (Wildman–Crippen LogP) is -9.41. The summed E-state index contributed by atoms with van der Waals surface area (Å²) in [5, 5.41) is 0. The van der Waals surface area contributed by atoms with E-state index in [0.717, 1.165) is 0 Å². The summed E-state index contributed by atoms with van der Waals surface area (Å²) >= 11 is 0. The molecule has 0 spiro atoms. The first-order valence-electron chi connectivity index (χ1n) is 7.16. The molecule has 3 N–H and O–H groups in total. The first-order valence-corrected chi connectivity index (χ1v) is 20.6. The van der Waals surface area contributed by atoms with Crippen molar-refractivity contribution >= 4 is 87.7 Å². The van der Waals surface area contributed by atoms with Crippen LogP contribution in [0.5, 0.6) is 0 Å². The molecule has 0 radical (unpaired) electrons. The predicted molar refractivity (Wildman–Crippen MR) is 110 cm³/mol. The van der Waals surface area contributed by atoms with Crippen LogP contribution in [0.1, 0.15) is 0 Å². The molecule has 2 aliphatic rings. The molecular weight excluding hydrogens is 387 g/mol. The Morgan fingerprint density at radius 3 is 2.63 bits per heavy atom. The minimum atomic E-state index is -0.957. The van der Waals surface area contributed by atoms with Gasteiger partial charge in [-0.15, -0.1) is 0 Å². The van der Waals surface area contributed by atoms with Crippen molar-refractivity contribution in [3.63, 3.8) is 0 Å². The molecule has 2 rings (SSSR count). The summed E-state index contributed by atoms with van der Waals surface area (Å²) in [5.41, 5.74) is 0. The largest absolute Gasteiger partial charge is 0.360 e. The van der Waals surface area contributed by atoms with Gasteiger partial charge in [0.25, 0.3) is 0 Å². The van der Waals surface area contributed by atoms with Gasteiger partial charge in [0, 0.05) is 0 Å². The quantitative estimate of drug-likeness (QED) is 0.368. The summed E-state index contributed by atoms with van der Waals surface area (Å²) in [7, 11) is 1.49. The fourth-order valence-corrected chi connectivity index (χ4v) is 43.2. The zero-order valence-electron chi connectivity index (χ0n) is 12.7. The van der Waals surface area contributed by atoms with E-state index in [1.165, 1.54) is 10.4 Å². The summed E-state index contributed by atoms with van der Waals surface area (Å²) in [6.07, 6.45) is 0. The SMILES string of the molecule is C[SiH2]N1[SiH2]N[SiH2]N2[SiH2]N(C)[SiH](C)N([SiH3])[SiH2]N[SiH]2N[SiH2]1. The van der Waals surface area contributed by atoms with Crippen LogP contribution < -0.4 is 13.9 Å². The molecule has 0 aromatic rings. The minimum absolute atomic E-state index is 0.0607. The Morgan fingerprint density at radius 2 is 1.89 bits per heavy atom. The van der Waals surface area contributed by atoms with E-state index in [9.17, 15) is 0 Å². The third kappa shape index (κ3) is 4.83. The summed E-state index contributed by atoms with van der Waals surface area (Å²) in [4.78, 5) is 0. The molecule has 2 aliphatic heterocycles. The molecule has 2 unspecified atom stereocenters. The van der Waals surface area contributed by atoms with Crippen LogP contribution in [0, 0.1) is 0 Å². The maximum atomic E-state index is 4.08. The number of rotatable bonds is 1. The van der Waals surface area contributed by atoms with E-state index in [4.69, 9.17) is 0 Å². The molecule has 0 bridgehead atoms. The molecule has 2 heterocycles. The van der Waals surface area contributed by atoms with Gasteiger partial charge in [0.05, 0.1) is 20.1 Å². The van der Waals surface area contributed by atoms with Crippen LogP contribution in [0.25, 0.3) is 0 Å². The number of hydrogen-bond acceptors (Lipinski definition) is 7. The van der Waals surface area contributed by atoms with E-state index >= 15 is 0 Å². The van der Waals surface area contributed by atoms with Crippen molar-refractivity contribution in [2.24, 2.45) is 0 Å². The van der Waals surface area contributed by atoms with Gasteiger partial charge in [0.15, 0.2) is 58.3 Å². The Labute approximate surface area is 137 Å². The molecule has 0 aromatic carbocycles. The topological polar surface area (TPSA) is 49.1 Å². The summed E-state index contributed by atoms with van der Waals surface area (Å²) < 4.78 is 23.7. The van der Waals surface area contributed by atoms with Crippen LogP contribution >= 0.6 is 0 Å². The van der Waals surface area contributed by atoms with Crippen LogP contribution in [-0.2, 0) is 0 Å². The third-order valence-electron chi connectivity index (χ3n) is 4.19. The molecule has 2 fully saturated rings. The van der Waals surface area contributed by atoms with Crippen LogP contribution in [0.2, 0.25) is 13.1 Å². The van der Waals surface area contributed by atoms with Crippen molar-refractivity contribution in [1.29, 1.82) is 0 Å². The van der Waals surface area contributed by atoms with Gasteiger partial charge in [0.1, 0.15) is 0 Å². The highest BCUT2D eigenvalue weighted by atomic mass is 28.5. The van der Waals surface area contributed by atoms with Gasteiger partial charge >= 0.3 is 0 Å². The zero-order chi connectivity index (χ0) is 13.8. The highest BCUT2D eigenvalue weighted by Crippen LogP contribution is 1.99. The van der Waals surface area contributed by atoms with Gasteiger partial charge in [0.2, 0.25) is 9.28 Å². The molecule has 0 aliphatic carbocycles. The van der Waals surface area contributed by atoms with Crippen molar-refractivity contribution in [1.82, 2.24) is 29.9 Å². The lowest BCUT2D eigenvalue weighted by molar-refractivity contribution is 0.708. The standard InChI is InChI=1S/C3H29N7Si9/c1-7-17-10-14-4-13-9(12-2)16-6-19(10)5-15-8(11)18(7)3/h4-6,18-19H,12-17H2,1-3,11H3.